The minimum atomic E-state index is -0.516. The van der Waals surface area contributed by atoms with Crippen LogP contribution in [0.15, 0.2) is 0 Å². The van der Waals surface area contributed by atoms with Gasteiger partial charge in [-0.15, -0.1) is 0 Å². The Bertz CT molecular complexity index is 277. The summed E-state index contributed by atoms with van der Waals surface area (Å²) in [6, 6.07) is 0. The van der Waals surface area contributed by atoms with E-state index in [0.717, 1.165) is 0 Å². The SMILES string of the molecule is CCC(=O)OC(CC)CO.CCOCC(CO)OC(=O)CC. The van der Waals surface area contributed by atoms with Gasteiger partial charge in [-0.2, -0.15) is 0 Å². The van der Waals surface area contributed by atoms with Gasteiger partial charge in [-0.3, -0.25) is 9.59 Å². The maximum absolute atomic E-state index is 10.8. The highest BCUT2D eigenvalue weighted by Crippen LogP contribution is 1.98. The van der Waals surface area contributed by atoms with Gasteiger partial charge < -0.3 is 24.4 Å². The Morgan fingerprint density at radius 3 is 1.64 bits per heavy atom. The Kier molecular flexibility index (Phi) is 17.0. The van der Waals surface area contributed by atoms with Crippen molar-refractivity contribution in [1.29, 1.82) is 0 Å². The van der Waals surface area contributed by atoms with Gasteiger partial charge in [0, 0.05) is 19.4 Å². The molecule has 0 heterocycles. The molecule has 0 spiro atoms. The molecule has 22 heavy (non-hydrogen) atoms. The van der Waals surface area contributed by atoms with Crippen LogP contribution in [-0.2, 0) is 23.8 Å². The largest absolute Gasteiger partial charge is 0.460 e. The van der Waals surface area contributed by atoms with Crippen LogP contribution in [-0.4, -0.2) is 60.8 Å². The summed E-state index contributed by atoms with van der Waals surface area (Å²) < 4.78 is 14.6. The molecule has 0 aromatic heterocycles. The van der Waals surface area contributed by atoms with E-state index in [0.29, 0.717) is 25.9 Å². The molecule has 0 aliphatic heterocycles. The predicted octanol–water partition coefficient (Wildman–Crippen LogP) is 1.05. The molecule has 0 bridgehead atoms. The Hall–Kier alpha value is -1.18. The minimum absolute atomic E-state index is 0.0811. The normalized spacial score (nSPS) is 12.6. The first kappa shape index (κ1) is 23.1. The van der Waals surface area contributed by atoms with Crippen molar-refractivity contribution < 1.29 is 34.0 Å². The van der Waals surface area contributed by atoms with E-state index >= 15 is 0 Å². The van der Waals surface area contributed by atoms with Crippen LogP contribution in [0.4, 0.5) is 0 Å². The number of aliphatic hydroxyl groups is 2. The maximum atomic E-state index is 10.8. The second-order valence-electron chi connectivity index (χ2n) is 4.36. The first-order chi connectivity index (χ1) is 10.5. The number of rotatable bonds is 10. The fourth-order valence-corrected chi connectivity index (χ4v) is 1.16. The Morgan fingerprint density at radius 2 is 1.32 bits per heavy atom. The van der Waals surface area contributed by atoms with Crippen molar-refractivity contribution >= 4 is 11.9 Å². The molecule has 2 atom stereocenters. The van der Waals surface area contributed by atoms with E-state index in [1.54, 1.807) is 13.8 Å². The second-order valence-corrected chi connectivity index (χ2v) is 4.36. The molecular weight excluding hydrogens is 292 g/mol. The monoisotopic (exact) mass is 322 g/mol. The molecule has 0 fully saturated rings. The molecule has 0 amide bonds. The van der Waals surface area contributed by atoms with Gasteiger partial charge in [-0.1, -0.05) is 20.8 Å². The first-order valence-corrected chi connectivity index (χ1v) is 7.67. The van der Waals surface area contributed by atoms with E-state index in [4.69, 9.17) is 24.4 Å². The molecule has 132 valence electrons. The highest BCUT2D eigenvalue weighted by atomic mass is 16.6. The molecule has 0 aliphatic rings. The number of esters is 2. The molecule has 7 heteroatoms. The number of carbonyl (C=O) groups is 2. The maximum Gasteiger partial charge on any atom is 0.305 e. The summed E-state index contributed by atoms with van der Waals surface area (Å²) in [5, 5.41) is 17.3. The molecule has 2 N–H and O–H groups in total. The fourth-order valence-electron chi connectivity index (χ4n) is 1.16. The average Bonchev–Trinajstić information content (AvgIpc) is 2.56. The third-order valence-electron chi connectivity index (χ3n) is 2.54. The fraction of sp³-hybridized carbons (Fsp3) is 0.867. The molecule has 0 saturated heterocycles. The zero-order valence-electron chi connectivity index (χ0n) is 14.0. The molecule has 0 saturated carbocycles. The van der Waals surface area contributed by atoms with Crippen LogP contribution in [0.1, 0.15) is 47.0 Å². The number of aliphatic hydroxyl groups excluding tert-OH is 2. The highest BCUT2D eigenvalue weighted by Gasteiger charge is 2.11. The molecule has 2 unspecified atom stereocenters. The Labute approximate surface area is 132 Å². The van der Waals surface area contributed by atoms with Gasteiger partial charge in [0.25, 0.3) is 0 Å². The van der Waals surface area contributed by atoms with Crippen LogP contribution >= 0.6 is 0 Å². The summed E-state index contributed by atoms with van der Waals surface area (Å²) in [6.45, 7) is 7.69. The molecule has 0 aliphatic carbocycles. The molecular formula is C15H30O7. The standard InChI is InChI=1S/C8H16O4.C7H14O3/c1-3-8(10)12-7(5-9)6-11-4-2;1-3-6(5-8)10-7(9)4-2/h7,9H,3-6H2,1-2H3;6,8H,3-5H2,1-2H3. The summed E-state index contributed by atoms with van der Waals surface area (Å²) in [4.78, 5) is 21.4. The van der Waals surface area contributed by atoms with Crippen molar-refractivity contribution in [3.8, 4) is 0 Å². The topological polar surface area (TPSA) is 102 Å². The average molecular weight is 322 g/mol. The van der Waals surface area contributed by atoms with Crippen LogP contribution in [0.2, 0.25) is 0 Å². The van der Waals surface area contributed by atoms with Gasteiger partial charge in [-0.25, -0.2) is 0 Å². The van der Waals surface area contributed by atoms with Gasteiger partial charge in [0.1, 0.15) is 12.2 Å². The van der Waals surface area contributed by atoms with Crippen molar-refractivity contribution in [3.05, 3.63) is 0 Å². The smallest absolute Gasteiger partial charge is 0.305 e. The van der Waals surface area contributed by atoms with Crippen molar-refractivity contribution in [1.82, 2.24) is 0 Å². The van der Waals surface area contributed by atoms with Crippen molar-refractivity contribution in [2.24, 2.45) is 0 Å². The van der Waals surface area contributed by atoms with E-state index < -0.39 is 6.10 Å². The number of hydrogen-bond acceptors (Lipinski definition) is 7. The van der Waals surface area contributed by atoms with Crippen molar-refractivity contribution in [2.75, 3.05) is 26.4 Å². The summed E-state index contributed by atoms with van der Waals surface area (Å²) in [7, 11) is 0. The summed E-state index contributed by atoms with van der Waals surface area (Å²) >= 11 is 0. The van der Waals surface area contributed by atoms with Crippen LogP contribution in [0.5, 0.6) is 0 Å². The lowest BCUT2D eigenvalue weighted by Crippen LogP contribution is -2.26. The van der Waals surface area contributed by atoms with Gasteiger partial charge in [0.05, 0.1) is 19.8 Å². The quantitative estimate of drug-likeness (QED) is 0.579. The Balaban J connectivity index is 0. The predicted molar refractivity (Wildman–Crippen MR) is 81.3 cm³/mol. The van der Waals surface area contributed by atoms with Gasteiger partial charge in [-0.05, 0) is 13.3 Å². The van der Waals surface area contributed by atoms with E-state index in [1.807, 2.05) is 13.8 Å². The van der Waals surface area contributed by atoms with Crippen molar-refractivity contribution in [2.45, 2.75) is 59.2 Å². The number of ether oxygens (including phenoxy) is 3. The van der Waals surface area contributed by atoms with Crippen molar-refractivity contribution in [3.63, 3.8) is 0 Å². The molecule has 7 nitrogen and oxygen atoms in total. The van der Waals surface area contributed by atoms with Crippen LogP contribution in [0.25, 0.3) is 0 Å². The lowest BCUT2D eigenvalue weighted by molar-refractivity contribution is -0.154. The first-order valence-electron chi connectivity index (χ1n) is 7.67. The van der Waals surface area contributed by atoms with Gasteiger partial charge in [0.15, 0.2) is 0 Å². The zero-order valence-corrected chi connectivity index (χ0v) is 14.0. The molecule has 0 radical (unpaired) electrons. The lowest BCUT2D eigenvalue weighted by atomic mass is 10.3. The second kappa shape index (κ2) is 16.2. The van der Waals surface area contributed by atoms with Gasteiger partial charge >= 0.3 is 11.9 Å². The summed E-state index contributed by atoms with van der Waals surface area (Å²) in [5.41, 5.74) is 0. The van der Waals surface area contributed by atoms with Crippen LogP contribution in [0.3, 0.4) is 0 Å². The van der Waals surface area contributed by atoms with Crippen LogP contribution < -0.4 is 0 Å². The molecule has 0 aromatic carbocycles. The van der Waals surface area contributed by atoms with E-state index in [9.17, 15) is 9.59 Å². The van der Waals surface area contributed by atoms with Crippen LogP contribution in [0, 0.1) is 0 Å². The van der Waals surface area contributed by atoms with E-state index in [2.05, 4.69) is 0 Å². The highest BCUT2D eigenvalue weighted by molar-refractivity contribution is 5.69. The Morgan fingerprint density at radius 1 is 0.864 bits per heavy atom. The lowest BCUT2D eigenvalue weighted by Gasteiger charge is -2.14. The number of carbonyl (C=O) groups excluding carboxylic acids is 2. The summed E-state index contributed by atoms with van der Waals surface area (Å²) in [5.74, 6) is -0.561. The molecule has 0 aromatic rings. The van der Waals surface area contributed by atoms with E-state index in [1.165, 1.54) is 0 Å². The summed E-state index contributed by atoms with van der Waals surface area (Å²) in [6.07, 6.45) is 0.534. The van der Waals surface area contributed by atoms with E-state index in [-0.39, 0.29) is 37.9 Å². The molecule has 0 rings (SSSR count). The zero-order chi connectivity index (χ0) is 17.4. The minimum Gasteiger partial charge on any atom is -0.460 e. The van der Waals surface area contributed by atoms with Gasteiger partial charge in [0.2, 0.25) is 0 Å². The number of hydrogen-bond donors (Lipinski definition) is 2. The third-order valence-corrected chi connectivity index (χ3v) is 2.54. The third kappa shape index (κ3) is 13.8.